The monoisotopic (exact) mass is 478 g/mol. The van der Waals surface area contributed by atoms with Gasteiger partial charge < -0.3 is 0 Å². The molecule has 1 aliphatic rings. The molecule has 0 aliphatic carbocycles. The van der Waals surface area contributed by atoms with Crippen molar-refractivity contribution in [3.05, 3.63) is 81.6 Å². The molecule has 1 aliphatic heterocycles. The molecule has 2 aromatic carbocycles. The van der Waals surface area contributed by atoms with Crippen LogP contribution in [0.1, 0.15) is 11.3 Å². The third-order valence-corrected chi connectivity index (χ3v) is 6.78. The summed E-state index contributed by atoms with van der Waals surface area (Å²) in [7, 11) is 0. The van der Waals surface area contributed by atoms with Crippen LogP contribution >= 0.6 is 34.3 Å². The Labute approximate surface area is 196 Å². The van der Waals surface area contributed by atoms with Gasteiger partial charge in [-0.1, -0.05) is 83.6 Å². The van der Waals surface area contributed by atoms with Crippen LogP contribution in [-0.2, 0) is 4.79 Å². The lowest BCUT2D eigenvalue weighted by molar-refractivity contribution is -0.112. The molecule has 3 heterocycles. The summed E-state index contributed by atoms with van der Waals surface area (Å²) in [6.07, 6.45) is 0. The summed E-state index contributed by atoms with van der Waals surface area (Å²) >= 11 is 8.70. The van der Waals surface area contributed by atoms with Crippen molar-refractivity contribution >= 4 is 61.9 Å². The minimum absolute atomic E-state index is 0.177. The molecular weight excluding hydrogens is 464 g/mol. The third kappa shape index (κ3) is 3.93. The molecule has 0 bridgehead atoms. The number of halogens is 1. The standard InChI is InChI=1S/C22H15ClN6OS2/c1-13-19(23)32-21(24-13)27-26-18-17(15-10-6-3-7-11-15)28-29(20(18)30)22-25-16(12-31-22)14-8-4-2-5-9-14/h2-12H,1H3,(H,24,27)/b26-18-. The maximum absolute atomic E-state index is 13.3. The molecule has 0 spiro atoms. The molecule has 0 saturated heterocycles. The summed E-state index contributed by atoms with van der Waals surface area (Å²) in [5.41, 5.74) is 6.71. The summed E-state index contributed by atoms with van der Waals surface area (Å²) in [6.45, 7) is 1.81. The number of benzene rings is 2. The van der Waals surface area contributed by atoms with Crippen molar-refractivity contribution in [1.82, 2.24) is 9.97 Å². The van der Waals surface area contributed by atoms with Crippen molar-refractivity contribution in [2.24, 2.45) is 10.2 Å². The molecule has 0 saturated carbocycles. The first-order valence-corrected chi connectivity index (χ1v) is 11.6. The summed E-state index contributed by atoms with van der Waals surface area (Å²) in [4.78, 5) is 22.2. The Morgan fingerprint density at radius 3 is 2.34 bits per heavy atom. The van der Waals surface area contributed by atoms with Crippen LogP contribution in [0.3, 0.4) is 0 Å². The smallest absolute Gasteiger partial charge is 0.265 e. The molecule has 2 aromatic heterocycles. The van der Waals surface area contributed by atoms with Gasteiger partial charge in [0.2, 0.25) is 10.3 Å². The number of carbonyl (C=O) groups is 1. The van der Waals surface area contributed by atoms with Gasteiger partial charge in [0.25, 0.3) is 0 Å². The Balaban J connectivity index is 1.51. The minimum atomic E-state index is -0.371. The number of thiazole rings is 2. The fourth-order valence-electron chi connectivity index (χ4n) is 3.05. The van der Waals surface area contributed by atoms with Gasteiger partial charge >= 0.3 is 5.91 Å². The summed E-state index contributed by atoms with van der Waals surface area (Å²) in [6, 6.07) is 19.2. The quantitative estimate of drug-likeness (QED) is 0.387. The van der Waals surface area contributed by atoms with Crippen molar-refractivity contribution in [3.63, 3.8) is 0 Å². The molecule has 10 heteroatoms. The normalized spacial score (nSPS) is 14.8. The number of anilines is 2. The number of nitrogens with zero attached hydrogens (tertiary/aromatic N) is 5. The van der Waals surface area contributed by atoms with Gasteiger partial charge in [-0.25, -0.2) is 9.97 Å². The highest BCUT2D eigenvalue weighted by Crippen LogP contribution is 2.31. The van der Waals surface area contributed by atoms with Crippen LogP contribution in [0.25, 0.3) is 11.3 Å². The first-order chi connectivity index (χ1) is 15.6. The molecule has 4 aromatic rings. The van der Waals surface area contributed by atoms with Gasteiger partial charge in [0.1, 0.15) is 10.0 Å². The highest BCUT2D eigenvalue weighted by atomic mass is 35.5. The van der Waals surface area contributed by atoms with Crippen molar-refractivity contribution in [2.75, 3.05) is 10.4 Å². The number of hydrazone groups is 2. The summed E-state index contributed by atoms with van der Waals surface area (Å²) in [5, 5.41) is 13.1. The lowest BCUT2D eigenvalue weighted by Gasteiger charge is -2.06. The Kier molecular flexibility index (Phi) is 5.52. The molecule has 5 rings (SSSR count). The molecule has 1 amide bonds. The van der Waals surface area contributed by atoms with E-state index in [1.165, 1.54) is 27.7 Å². The Morgan fingerprint density at radius 2 is 1.69 bits per heavy atom. The van der Waals surface area contributed by atoms with Gasteiger partial charge in [-0.05, 0) is 6.92 Å². The van der Waals surface area contributed by atoms with E-state index in [4.69, 9.17) is 11.6 Å². The molecule has 0 fully saturated rings. The van der Waals surface area contributed by atoms with Crippen molar-refractivity contribution < 1.29 is 4.79 Å². The lowest BCUT2D eigenvalue weighted by atomic mass is 10.1. The second-order valence-corrected chi connectivity index (χ2v) is 9.20. The highest BCUT2D eigenvalue weighted by Gasteiger charge is 2.35. The number of aromatic nitrogens is 2. The maximum atomic E-state index is 13.3. The molecule has 32 heavy (non-hydrogen) atoms. The average Bonchev–Trinajstić information content (AvgIpc) is 3.51. The van der Waals surface area contributed by atoms with Crippen LogP contribution in [0.15, 0.2) is 76.2 Å². The fraction of sp³-hybridized carbons (Fsp3) is 0.0455. The van der Waals surface area contributed by atoms with Crippen LogP contribution in [0.4, 0.5) is 10.3 Å². The van der Waals surface area contributed by atoms with Gasteiger partial charge in [-0.2, -0.15) is 15.2 Å². The average molecular weight is 479 g/mol. The van der Waals surface area contributed by atoms with Gasteiger partial charge in [-0.3, -0.25) is 10.2 Å². The van der Waals surface area contributed by atoms with Crippen molar-refractivity contribution in [2.45, 2.75) is 6.92 Å². The second-order valence-electron chi connectivity index (χ2n) is 6.76. The number of amides is 1. The zero-order chi connectivity index (χ0) is 22.1. The van der Waals surface area contributed by atoms with E-state index in [1.54, 1.807) is 0 Å². The number of hydrogen-bond acceptors (Lipinski definition) is 8. The SMILES string of the molecule is Cc1nc(N/N=C2\C(=O)N(c3nc(-c4ccccc4)cs3)N=C2c2ccccc2)sc1Cl. The van der Waals surface area contributed by atoms with E-state index in [-0.39, 0.29) is 11.6 Å². The Hall–Kier alpha value is -3.40. The van der Waals surface area contributed by atoms with Crippen LogP contribution in [-0.4, -0.2) is 27.3 Å². The van der Waals surface area contributed by atoms with E-state index in [0.29, 0.717) is 26.0 Å². The Morgan fingerprint density at radius 1 is 1.00 bits per heavy atom. The lowest BCUT2D eigenvalue weighted by Crippen LogP contribution is -2.28. The van der Waals surface area contributed by atoms with Gasteiger partial charge in [0, 0.05) is 16.5 Å². The molecule has 158 valence electrons. The first kappa shape index (κ1) is 20.5. The third-order valence-electron chi connectivity index (χ3n) is 4.61. The highest BCUT2D eigenvalue weighted by molar-refractivity contribution is 7.19. The van der Waals surface area contributed by atoms with Crippen LogP contribution < -0.4 is 10.4 Å². The van der Waals surface area contributed by atoms with Crippen LogP contribution in [0.5, 0.6) is 0 Å². The topological polar surface area (TPSA) is 82.8 Å². The van der Waals surface area contributed by atoms with Gasteiger partial charge in [0.15, 0.2) is 5.71 Å². The molecule has 1 N–H and O–H groups in total. The molecule has 0 unspecified atom stereocenters. The Bertz CT molecular complexity index is 1330. The predicted octanol–water partition coefficient (Wildman–Crippen LogP) is 5.45. The summed E-state index contributed by atoms with van der Waals surface area (Å²) < 4.78 is 0.570. The molecule has 0 atom stereocenters. The van der Waals surface area contributed by atoms with E-state index in [2.05, 4.69) is 25.6 Å². The number of rotatable bonds is 5. The van der Waals surface area contributed by atoms with E-state index in [0.717, 1.165) is 16.8 Å². The van der Waals surface area contributed by atoms with Crippen LogP contribution in [0, 0.1) is 6.92 Å². The second kappa shape index (κ2) is 8.62. The number of nitrogens with one attached hydrogen (secondary N) is 1. The summed E-state index contributed by atoms with van der Waals surface area (Å²) in [5.74, 6) is -0.371. The largest absolute Gasteiger partial charge is 0.303 e. The predicted molar refractivity (Wildman–Crippen MR) is 131 cm³/mol. The zero-order valence-electron chi connectivity index (χ0n) is 16.7. The minimum Gasteiger partial charge on any atom is -0.265 e. The van der Waals surface area contributed by atoms with Crippen LogP contribution in [0.2, 0.25) is 4.34 Å². The number of aryl methyl sites for hydroxylation is 1. The van der Waals surface area contributed by atoms with Crippen molar-refractivity contribution in [3.8, 4) is 11.3 Å². The zero-order valence-corrected chi connectivity index (χ0v) is 19.1. The number of carbonyl (C=O) groups excluding carboxylic acids is 1. The van der Waals surface area contributed by atoms with E-state index >= 15 is 0 Å². The van der Waals surface area contributed by atoms with E-state index in [9.17, 15) is 4.79 Å². The van der Waals surface area contributed by atoms with E-state index < -0.39 is 0 Å². The first-order valence-electron chi connectivity index (χ1n) is 9.56. The number of hydrogen-bond donors (Lipinski definition) is 1. The molecule has 0 radical (unpaired) electrons. The molecular formula is C22H15ClN6OS2. The maximum Gasteiger partial charge on any atom is 0.303 e. The van der Waals surface area contributed by atoms with Crippen molar-refractivity contribution in [1.29, 1.82) is 0 Å². The van der Waals surface area contributed by atoms with Gasteiger partial charge in [-0.15, -0.1) is 11.3 Å². The van der Waals surface area contributed by atoms with E-state index in [1.807, 2.05) is 73.0 Å². The van der Waals surface area contributed by atoms with Gasteiger partial charge in [0.05, 0.1) is 11.4 Å². The fourth-order valence-corrected chi connectivity index (χ4v) is 4.73. The molecule has 7 nitrogen and oxygen atoms in total.